The highest BCUT2D eigenvalue weighted by molar-refractivity contribution is 6.35. The SMILES string of the molecule is Clc1ccc(CN2CCN(c3nc(NC4CCCC4)c4ccccc4n3)CC2)c(Cl)c1. The highest BCUT2D eigenvalue weighted by Crippen LogP contribution is 2.28. The summed E-state index contributed by atoms with van der Waals surface area (Å²) in [5, 5.41) is 6.21. The van der Waals surface area contributed by atoms with Crippen LogP contribution < -0.4 is 10.2 Å². The first kappa shape index (κ1) is 20.8. The first-order valence-electron chi connectivity index (χ1n) is 11.1. The molecule has 0 atom stereocenters. The molecule has 0 unspecified atom stereocenters. The minimum atomic E-state index is 0.520. The van der Waals surface area contributed by atoms with Crippen molar-refractivity contribution in [2.24, 2.45) is 0 Å². The van der Waals surface area contributed by atoms with Crippen LogP contribution in [0.3, 0.4) is 0 Å². The zero-order valence-corrected chi connectivity index (χ0v) is 19.0. The number of nitrogens with zero attached hydrogens (tertiary/aromatic N) is 4. The van der Waals surface area contributed by atoms with Gasteiger partial charge in [-0.2, -0.15) is 4.98 Å². The largest absolute Gasteiger partial charge is 0.367 e. The lowest BCUT2D eigenvalue weighted by Crippen LogP contribution is -2.46. The zero-order chi connectivity index (χ0) is 21.2. The van der Waals surface area contributed by atoms with Gasteiger partial charge in [-0.3, -0.25) is 4.90 Å². The normalized spacial score (nSPS) is 18.1. The van der Waals surface area contributed by atoms with Crippen LogP contribution in [0.25, 0.3) is 10.9 Å². The zero-order valence-electron chi connectivity index (χ0n) is 17.5. The third-order valence-corrected chi connectivity index (χ3v) is 6.94. The van der Waals surface area contributed by atoms with Crippen LogP contribution in [0.15, 0.2) is 42.5 Å². The molecule has 1 N–H and O–H groups in total. The monoisotopic (exact) mass is 455 g/mol. The van der Waals surface area contributed by atoms with E-state index >= 15 is 0 Å². The van der Waals surface area contributed by atoms with Crippen LogP contribution in [0.2, 0.25) is 10.0 Å². The second kappa shape index (κ2) is 9.19. The molecule has 2 aliphatic rings. The number of hydrogen-bond donors (Lipinski definition) is 1. The van der Waals surface area contributed by atoms with E-state index in [1.807, 2.05) is 24.3 Å². The van der Waals surface area contributed by atoms with Gasteiger partial charge in [0.15, 0.2) is 0 Å². The van der Waals surface area contributed by atoms with Crippen molar-refractivity contribution in [3.63, 3.8) is 0 Å². The number of para-hydroxylation sites is 1. The standard InChI is InChI=1S/C24H27Cl2N5/c25-18-10-9-17(21(26)15-18)16-30-11-13-31(14-12-30)24-28-22-8-4-3-7-20(22)23(29-24)27-19-5-1-2-6-19/h3-4,7-10,15,19H,1-2,5-6,11-14,16H2,(H,27,28,29). The summed E-state index contributed by atoms with van der Waals surface area (Å²) in [5.41, 5.74) is 2.12. The summed E-state index contributed by atoms with van der Waals surface area (Å²) in [5.74, 6) is 1.80. The van der Waals surface area contributed by atoms with E-state index in [0.717, 1.165) is 66.0 Å². The Morgan fingerprint density at radius 1 is 0.935 bits per heavy atom. The summed E-state index contributed by atoms with van der Waals surface area (Å²) in [7, 11) is 0. The lowest BCUT2D eigenvalue weighted by Gasteiger charge is -2.35. The molecular weight excluding hydrogens is 429 g/mol. The number of aromatic nitrogens is 2. The summed E-state index contributed by atoms with van der Waals surface area (Å²) < 4.78 is 0. The van der Waals surface area contributed by atoms with Gasteiger partial charge in [0.05, 0.1) is 5.52 Å². The Kier molecular flexibility index (Phi) is 6.17. The van der Waals surface area contributed by atoms with Gasteiger partial charge in [0, 0.05) is 54.2 Å². The summed E-state index contributed by atoms with van der Waals surface area (Å²) in [6.07, 6.45) is 5.04. The summed E-state index contributed by atoms with van der Waals surface area (Å²) in [6.45, 7) is 4.51. The molecule has 2 heterocycles. The average Bonchev–Trinajstić information content (AvgIpc) is 3.29. The average molecular weight is 456 g/mol. The molecule has 0 spiro atoms. The Balaban J connectivity index is 1.31. The number of halogens is 2. The van der Waals surface area contributed by atoms with Crippen LogP contribution in [-0.2, 0) is 6.54 Å². The number of benzene rings is 2. The van der Waals surface area contributed by atoms with Gasteiger partial charge in [-0.05, 0) is 42.7 Å². The van der Waals surface area contributed by atoms with Gasteiger partial charge >= 0.3 is 0 Å². The maximum Gasteiger partial charge on any atom is 0.227 e. The molecule has 0 amide bonds. The van der Waals surface area contributed by atoms with Crippen LogP contribution in [-0.4, -0.2) is 47.1 Å². The first-order chi connectivity index (χ1) is 15.2. The van der Waals surface area contributed by atoms with Crippen molar-refractivity contribution in [3.8, 4) is 0 Å². The fourth-order valence-electron chi connectivity index (χ4n) is 4.58. The molecule has 1 aromatic heterocycles. The molecule has 2 aromatic carbocycles. The molecule has 5 nitrogen and oxygen atoms in total. The minimum Gasteiger partial charge on any atom is -0.367 e. The minimum absolute atomic E-state index is 0.520. The Morgan fingerprint density at radius 3 is 2.48 bits per heavy atom. The van der Waals surface area contributed by atoms with Crippen molar-refractivity contribution in [2.75, 3.05) is 36.4 Å². The van der Waals surface area contributed by atoms with Crippen LogP contribution in [0.5, 0.6) is 0 Å². The third-order valence-electron chi connectivity index (χ3n) is 6.35. The number of anilines is 2. The molecule has 1 saturated heterocycles. The molecular formula is C24H27Cl2N5. The first-order valence-corrected chi connectivity index (χ1v) is 11.9. The molecule has 7 heteroatoms. The fourth-order valence-corrected chi connectivity index (χ4v) is 5.04. The van der Waals surface area contributed by atoms with Crippen LogP contribution in [0.4, 0.5) is 11.8 Å². The van der Waals surface area contributed by atoms with E-state index in [1.165, 1.54) is 25.7 Å². The second-order valence-corrected chi connectivity index (χ2v) is 9.36. The Bertz CT molecular complexity index is 1060. The number of hydrogen-bond acceptors (Lipinski definition) is 5. The van der Waals surface area contributed by atoms with Gasteiger partial charge < -0.3 is 10.2 Å². The predicted octanol–water partition coefficient (Wildman–Crippen LogP) is 5.61. The maximum atomic E-state index is 6.37. The van der Waals surface area contributed by atoms with Crippen molar-refractivity contribution >= 4 is 45.9 Å². The van der Waals surface area contributed by atoms with Crippen LogP contribution >= 0.6 is 23.2 Å². The lowest BCUT2D eigenvalue weighted by molar-refractivity contribution is 0.249. The second-order valence-electron chi connectivity index (χ2n) is 8.51. The molecule has 3 aromatic rings. The fraction of sp³-hybridized carbons (Fsp3) is 0.417. The van der Waals surface area contributed by atoms with Gasteiger partial charge in [-0.1, -0.05) is 54.2 Å². The maximum absolute atomic E-state index is 6.37. The Morgan fingerprint density at radius 2 is 1.71 bits per heavy atom. The summed E-state index contributed by atoms with van der Waals surface area (Å²) >= 11 is 12.4. The highest BCUT2D eigenvalue weighted by Gasteiger charge is 2.22. The molecule has 0 bridgehead atoms. The van der Waals surface area contributed by atoms with E-state index in [4.69, 9.17) is 33.2 Å². The van der Waals surface area contributed by atoms with Crippen molar-refractivity contribution < 1.29 is 0 Å². The van der Waals surface area contributed by atoms with E-state index in [0.29, 0.717) is 11.1 Å². The van der Waals surface area contributed by atoms with Gasteiger partial charge in [-0.15, -0.1) is 0 Å². The van der Waals surface area contributed by atoms with E-state index in [2.05, 4.69) is 33.3 Å². The van der Waals surface area contributed by atoms with Crippen molar-refractivity contribution in [2.45, 2.75) is 38.3 Å². The smallest absolute Gasteiger partial charge is 0.227 e. The van der Waals surface area contributed by atoms with Crippen molar-refractivity contribution in [3.05, 3.63) is 58.1 Å². The number of fused-ring (bicyclic) bond motifs is 1. The van der Waals surface area contributed by atoms with E-state index in [-0.39, 0.29) is 0 Å². The summed E-state index contributed by atoms with van der Waals surface area (Å²) in [6, 6.07) is 14.6. The molecule has 0 radical (unpaired) electrons. The molecule has 5 rings (SSSR count). The summed E-state index contributed by atoms with van der Waals surface area (Å²) in [4.78, 5) is 14.6. The van der Waals surface area contributed by atoms with E-state index < -0.39 is 0 Å². The Labute approximate surface area is 193 Å². The van der Waals surface area contributed by atoms with Crippen molar-refractivity contribution in [1.29, 1.82) is 0 Å². The molecule has 162 valence electrons. The topological polar surface area (TPSA) is 44.3 Å². The molecule has 2 fully saturated rings. The number of nitrogens with one attached hydrogen (secondary N) is 1. The van der Waals surface area contributed by atoms with Crippen LogP contribution in [0, 0.1) is 0 Å². The molecule has 1 aliphatic heterocycles. The van der Waals surface area contributed by atoms with Gasteiger partial charge in [0.25, 0.3) is 0 Å². The van der Waals surface area contributed by atoms with Gasteiger partial charge in [-0.25, -0.2) is 4.98 Å². The van der Waals surface area contributed by atoms with E-state index in [9.17, 15) is 0 Å². The number of rotatable bonds is 5. The Hall–Kier alpha value is -2.08. The molecule has 31 heavy (non-hydrogen) atoms. The predicted molar refractivity (Wildman–Crippen MR) is 129 cm³/mol. The van der Waals surface area contributed by atoms with Gasteiger partial charge in [0.2, 0.25) is 5.95 Å². The van der Waals surface area contributed by atoms with Crippen LogP contribution in [0.1, 0.15) is 31.2 Å². The lowest BCUT2D eigenvalue weighted by atomic mass is 10.2. The quantitative estimate of drug-likeness (QED) is 0.541. The highest BCUT2D eigenvalue weighted by atomic mass is 35.5. The van der Waals surface area contributed by atoms with Gasteiger partial charge in [0.1, 0.15) is 5.82 Å². The number of piperazine rings is 1. The van der Waals surface area contributed by atoms with Crippen molar-refractivity contribution in [1.82, 2.24) is 14.9 Å². The van der Waals surface area contributed by atoms with E-state index in [1.54, 1.807) is 0 Å². The third kappa shape index (κ3) is 4.74. The molecule has 1 saturated carbocycles. The molecule has 1 aliphatic carbocycles.